The normalized spacial score (nSPS) is 13.7. The van der Waals surface area contributed by atoms with Crippen LogP contribution in [0.15, 0.2) is 122 Å². The molecule has 1 saturated carbocycles. The van der Waals surface area contributed by atoms with Crippen LogP contribution in [0.1, 0.15) is 136 Å². The molecule has 0 bridgehead atoms. The van der Waals surface area contributed by atoms with Gasteiger partial charge in [-0.1, -0.05) is 52.9 Å². The standard InChI is InChI=1S/C17H16F3N3O.C11H11F3N2O2.C11H13F3N2.C7H3F4NO2.C6H4ClNO.C6H15N.C5H10.CH2Cl2.CH3F.CH4O.ClH/c18-17(19,20)13-3-4-15(23-9-1-2-10-23)14(11-13)22-16(24)12-5-7-21-8-6-12;12-11(13,14)8-3-4-9(10(7-8)16(17)18)15-5-1-2-6-15;12-11(13,14)8-3-4-10(9(15)7-8)16-5-1-2-6-16;8-5-2-1-4(7(9,10)11)3-6(5)12(13)14;7-6(9)5-1-3-8-4-2-5;1-4-7(5-2)6-3;1-2-4-5-3-1;2-1-3;2*1-2;/h3-8,11H,1-2,9-10H2,(H,22,24);3-4,7H,1-2,5-6H2;3-4,7H,1-2,5-6,15H2;1-3H;1-4H;4-6H2,1-3H3;1-5H2;1H2;1H3;2H,1H3;1H/i;;;;;;;;1D;;. The lowest BCUT2D eigenvalue weighted by atomic mass is 10.1. The van der Waals surface area contributed by atoms with Crippen LogP contribution in [0.25, 0.3) is 0 Å². The van der Waals surface area contributed by atoms with Crippen LogP contribution in [0, 0.1) is 26.0 Å². The largest absolute Gasteiger partial charge is 0.416 e. The number of rotatable bonds is 11. The van der Waals surface area contributed by atoms with E-state index in [-0.39, 0.29) is 40.9 Å². The summed E-state index contributed by atoms with van der Waals surface area (Å²) >= 11 is 14.7. The summed E-state index contributed by atoms with van der Waals surface area (Å²) in [5.74, 6) is -1.75. The Kier molecular flexibility index (Phi) is 43.8. The van der Waals surface area contributed by atoms with Gasteiger partial charge < -0.3 is 35.8 Å². The summed E-state index contributed by atoms with van der Waals surface area (Å²) in [6.07, 6.45) is 1.33. The number of amides is 1. The highest BCUT2D eigenvalue weighted by atomic mass is 35.5. The number of nitrogens with zero attached hydrogens (tertiary/aromatic N) is 8. The minimum absolute atomic E-state index is 0. The molecule has 10 rings (SSSR count). The molecule has 2 aromatic heterocycles. The Hall–Kier alpha value is -7.58. The van der Waals surface area contributed by atoms with E-state index >= 15 is 0 Å². The first kappa shape index (κ1) is 91.4. The van der Waals surface area contributed by atoms with E-state index in [4.69, 9.17) is 47.0 Å². The maximum absolute atomic E-state index is 13.0. The van der Waals surface area contributed by atoms with Gasteiger partial charge in [-0.05, 0) is 155 Å². The number of carbonyl (C=O) groups excluding carboxylic acids is 2. The number of alkyl halides is 15. The zero-order valence-electron chi connectivity index (χ0n) is 56.5. The molecule has 1 aliphatic carbocycles. The topological polar surface area (TPSA) is 217 Å². The summed E-state index contributed by atoms with van der Waals surface area (Å²) in [7, 11) is 0. The lowest BCUT2D eigenvalue weighted by Crippen LogP contribution is -2.22. The molecule has 4 aromatic carbocycles. The molecule has 564 valence electrons. The SMILES string of the molecule is C1CCCC1.CCN(CC)CC.CO.Cl.ClCCl.Nc1cc(C(F)(F)F)ccc1N1CCCC1.O=C(Cl)c1ccncc1.O=C(Nc1cc(C(F)(F)F)ccc1N1CCCC1)c1ccncc1.O=[N+]([O-])c1cc(C(F)(F)F)ccc1F.O=[N+]([O-])c1cc(C(F)(F)F)ccc1N1CCCC1.[2H]CF. The van der Waals surface area contributed by atoms with Crippen molar-refractivity contribution in [2.75, 3.05) is 104 Å². The van der Waals surface area contributed by atoms with Gasteiger partial charge in [-0.3, -0.25) is 44.2 Å². The van der Waals surface area contributed by atoms with E-state index in [1.807, 2.05) is 9.80 Å². The van der Waals surface area contributed by atoms with E-state index in [1.54, 1.807) is 17.0 Å². The van der Waals surface area contributed by atoms with Crippen LogP contribution in [0.4, 0.5) is 101 Å². The van der Waals surface area contributed by atoms with Crippen molar-refractivity contribution in [3.05, 3.63) is 181 Å². The second-order valence-electron chi connectivity index (χ2n) is 21.2. The zero-order valence-corrected chi connectivity index (χ0v) is 58.6. The number of nitrogen functional groups attached to an aromatic ring is 1. The smallest absolute Gasteiger partial charge is 0.400 e. The number of nitro benzene ring substituents is 2. The minimum Gasteiger partial charge on any atom is -0.400 e. The molecule has 0 unspecified atom stereocenters. The third-order valence-electron chi connectivity index (χ3n) is 14.7. The van der Waals surface area contributed by atoms with Crippen LogP contribution < -0.4 is 25.8 Å². The summed E-state index contributed by atoms with van der Waals surface area (Å²) in [5.41, 5.74) is 3.09. The first-order valence-corrected chi connectivity index (χ1v) is 32.3. The fourth-order valence-electron chi connectivity index (χ4n) is 9.66. The van der Waals surface area contributed by atoms with E-state index < -0.39 is 92.3 Å². The number of hydrogen-bond donors (Lipinski definition) is 3. The van der Waals surface area contributed by atoms with E-state index in [0.29, 0.717) is 53.8 Å². The Labute approximate surface area is 599 Å². The molecule has 4 fully saturated rings. The minimum atomic E-state index is -4.71. The van der Waals surface area contributed by atoms with Gasteiger partial charge in [-0.15, -0.1) is 35.6 Å². The van der Waals surface area contributed by atoms with Crippen molar-refractivity contribution in [3.63, 3.8) is 0 Å². The number of nitro groups is 2. The van der Waals surface area contributed by atoms with Crippen LogP contribution in [0.3, 0.4) is 0 Å². The number of carbonyl (C=O) groups is 2. The quantitative estimate of drug-likeness (QED) is 0.0275. The summed E-state index contributed by atoms with van der Waals surface area (Å²) in [5, 5.41) is 30.3. The molecule has 4 N–H and O–H groups in total. The summed E-state index contributed by atoms with van der Waals surface area (Å²) in [4.78, 5) is 57.4. The van der Waals surface area contributed by atoms with E-state index in [2.05, 4.69) is 41.0 Å². The third-order valence-corrected chi connectivity index (χ3v) is 14.9. The number of aliphatic hydroxyl groups is 1. The van der Waals surface area contributed by atoms with E-state index in [0.717, 1.165) is 102 Å². The number of halogens is 18. The van der Waals surface area contributed by atoms with E-state index in [9.17, 15) is 91.3 Å². The first-order valence-electron chi connectivity index (χ1n) is 31.6. The van der Waals surface area contributed by atoms with Gasteiger partial charge >= 0.3 is 30.4 Å². The maximum atomic E-state index is 13.0. The molecule has 3 saturated heterocycles. The molecule has 1 amide bonds. The van der Waals surface area contributed by atoms with Gasteiger partial charge in [0.1, 0.15) is 5.69 Å². The average molecular weight is 1540 g/mol. The van der Waals surface area contributed by atoms with Crippen molar-refractivity contribution in [2.45, 2.75) is 116 Å². The highest BCUT2D eigenvalue weighted by molar-refractivity contribution is 6.67. The Bertz CT molecular complexity index is 3360. The maximum Gasteiger partial charge on any atom is 0.416 e. The number of pyridine rings is 2. The van der Waals surface area contributed by atoms with Gasteiger partial charge in [0.15, 0.2) is 0 Å². The lowest BCUT2D eigenvalue weighted by molar-refractivity contribution is -0.387. The summed E-state index contributed by atoms with van der Waals surface area (Å²) in [6.45, 7) is 14.7. The Balaban J connectivity index is 0.00000119. The molecular weight excluding hydrogens is 1450 g/mol. The van der Waals surface area contributed by atoms with E-state index in [1.165, 1.54) is 107 Å². The first-order chi connectivity index (χ1) is 47.6. The van der Waals surface area contributed by atoms with Gasteiger partial charge in [0.25, 0.3) is 16.8 Å². The number of nitrogens with two attached hydrogens (primary N) is 1. The molecule has 3 aliphatic heterocycles. The van der Waals surface area contributed by atoms with Crippen molar-refractivity contribution in [2.24, 2.45) is 0 Å². The average Bonchev–Trinajstić information content (AvgIpc) is 1.58. The molecule has 0 spiro atoms. The fraction of sp³-hybridized carbons (Fsp3) is 0.455. The van der Waals surface area contributed by atoms with Crippen molar-refractivity contribution in [3.8, 4) is 0 Å². The summed E-state index contributed by atoms with van der Waals surface area (Å²) < 4.78 is 178. The predicted molar refractivity (Wildman–Crippen MR) is 370 cm³/mol. The number of nitrogens with one attached hydrogen (secondary N) is 1. The molecule has 4 aliphatic rings. The molecule has 0 radical (unpaired) electrons. The van der Waals surface area contributed by atoms with Gasteiger partial charge in [0.05, 0.1) is 68.7 Å². The van der Waals surface area contributed by atoms with Gasteiger partial charge in [-0.25, -0.2) is 0 Å². The second-order valence-corrected chi connectivity index (χ2v) is 22.3. The number of benzene rings is 4. The Morgan fingerprint density at radius 3 is 1.18 bits per heavy atom. The highest BCUT2D eigenvalue weighted by Crippen LogP contribution is 2.40. The zero-order chi connectivity index (χ0) is 76.5. The third kappa shape index (κ3) is 34.3. The second kappa shape index (κ2) is 48.3. The molecule has 17 nitrogen and oxygen atoms in total. The van der Waals surface area contributed by atoms with Crippen LogP contribution in [-0.4, -0.2) is 119 Å². The van der Waals surface area contributed by atoms with Gasteiger partial charge in [-0.2, -0.15) is 57.1 Å². The van der Waals surface area contributed by atoms with Crippen LogP contribution in [0.5, 0.6) is 0 Å². The van der Waals surface area contributed by atoms with Crippen molar-refractivity contribution >= 4 is 98.2 Å². The van der Waals surface area contributed by atoms with Crippen molar-refractivity contribution < 1.29 is 87.4 Å². The molecule has 35 heteroatoms. The number of hydrogen-bond acceptors (Lipinski definition) is 14. The fourth-order valence-corrected chi connectivity index (χ4v) is 9.78. The van der Waals surface area contributed by atoms with Crippen LogP contribution >= 0.6 is 47.2 Å². The number of aromatic nitrogens is 2. The Morgan fingerprint density at radius 1 is 0.545 bits per heavy atom. The molecule has 5 heterocycles. The molecule has 0 atom stereocenters. The number of aliphatic hydroxyl groups excluding tert-OH is 1. The van der Waals surface area contributed by atoms with Crippen LogP contribution in [-0.2, 0) is 24.7 Å². The monoisotopic (exact) mass is 1530 g/mol. The predicted octanol–water partition coefficient (Wildman–Crippen LogP) is 19.6. The van der Waals surface area contributed by atoms with Crippen molar-refractivity contribution in [1.29, 1.82) is 0 Å². The van der Waals surface area contributed by atoms with Gasteiger partial charge in [0, 0.05) is 94.4 Å². The Morgan fingerprint density at radius 2 is 0.851 bits per heavy atom. The van der Waals surface area contributed by atoms with Crippen LogP contribution in [0.2, 0.25) is 0 Å². The number of anilines is 5. The van der Waals surface area contributed by atoms with Crippen molar-refractivity contribution in [1.82, 2.24) is 14.9 Å². The lowest BCUT2D eigenvalue weighted by Gasteiger charge is -2.23. The highest BCUT2D eigenvalue weighted by Gasteiger charge is 2.36. The molecular formula is C66H82Cl4F14N10O7. The molecule has 101 heavy (non-hydrogen) atoms. The van der Waals surface area contributed by atoms with Gasteiger partial charge in [0.2, 0.25) is 5.82 Å². The molecule has 6 aromatic rings. The summed E-state index contributed by atoms with van der Waals surface area (Å²) in [6, 6.07) is 16.9.